The van der Waals surface area contributed by atoms with Gasteiger partial charge in [-0.3, -0.25) is 0 Å². The van der Waals surface area contributed by atoms with Crippen LogP contribution in [0.3, 0.4) is 0 Å². The molecule has 88 valence electrons. The van der Waals surface area contributed by atoms with Crippen molar-refractivity contribution in [3.63, 3.8) is 0 Å². The Kier molecular flexibility index (Phi) is 4.05. The van der Waals surface area contributed by atoms with E-state index >= 15 is 0 Å². The molecule has 0 radical (unpaired) electrons. The van der Waals surface area contributed by atoms with Crippen LogP contribution in [0.4, 0.5) is 0 Å². The standard InChI is InChI=1S/C13H11BrClNO/c14-10-4-6-11(7-5-10)17-13-9(8-16)2-1-3-12(13)15/h1-7H,8,16H2. The van der Waals surface area contributed by atoms with Crippen LogP contribution in [0.2, 0.25) is 5.02 Å². The number of para-hydroxylation sites is 1. The average molecular weight is 313 g/mol. The fourth-order valence-corrected chi connectivity index (χ4v) is 1.95. The Balaban J connectivity index is 2.32. The first-order valence-corrected chi connectivity index (χ1v) is 6.28. The molecular weight excluding hydrogens is 302 g/mol. The number of ether oxygens (including phenoxy) is 1. The highest BCUT2D eigenvalue weighted by Crippen LogP contribution is 2.33. The van der Waals surface area contributed by atoms with Gasteiger partial charge in [0.05, 0.1) is 5.02 Å². The zero-order chi connectivity index (χ0) is 12.3. The van der Waals surface area contributed by atoms with E-state index in [1.54, 1.807) is 6.07 Å². The van der Waals surface area contributed by atoms with Crippen LogP contribution in [0.15, 0.2) is 46.9 Å². The van der Waals surface area contributed by atoms with E-state index in [9.17, 15) is 0 Å². The fourth-order valence-electron chi connectivity index (χ4n) is 1.45. The second-order valence-corrected chi connectivity index (χ2v) is 4.81. The summed E-state index contributed by atoms with van der Waals surface area (Å²) >= 11 is 9.47. The SMILES string of the molecule is NCc1cccc(Cl)c1Oc1ccc(Br)cc1. The number of rotatable bonds is 3. The third kappa shape index (κ3) is 3.00. The van der Waals surface area contributed by atoms with Gasteiger partial charge in [0.25, 0.3) is 0 Å². The van der Waals surface area contributed by atoms with Crippen LogP contribution in [-0.2, 0) is 6.54 Å². The van der Waals surface area contributed by atoms with Gasteiger partial charge in [-0.2, -0.15) is 0 Å². The Labute approximate surface area is 113 Å². The number of hydrogen-bond acceptors (Lipinski definition) is 2. The van der Waals surface area contributed by atoms with Crippen LogP contribution in [0.1, 0.15) is 5.56 Å². The quantitative estimate of drug-likeness (QED) is 0.914. The van der Waals surface area contributed by atoms with Crippen molar-refractivity contribution in [2.45, 2.75) is 6.54 Å². The summed E-state index contributed by atoms with van der Waals surface area (Å²) in [6.07, 6.45) is 0. The Bertz CT molecular complexity index is 513. The van der Waals surface area contributed by atoms with Crippen LogP contribution < -0.4 is 10.5 Å². The summed E-state index contributed by atoms with van der Waals surface area (Å²) in [6.45, 7) is 0.395. The fraction of sp³-hybridized carbons (Fsp3) is 0.0769. The largest absolute Gasteiger partial charge is 0.455 e. The molecule has 0 heterocycles. The summed E-state index contributed by atoms with van der Waals surface area (Å²) in [5.41, 5.74) is 6.54. The number of nitrogens with two attached hydrogens (primary N) is 1. The van der Waals surface area contributed by atoms with Gasteiger partial charge in [-0.15, -0.1) is 0 Å². The molecular formula is C13H11BrClNO. The summed E-state index contributed by atoms with van der Waals surface area (Å²) in [6, 6.07) is 13.1. The lowest BCUT2D eigenvalue weighted by atomic mass is 10.2. The maximum absolute atomic E-state index is 6.10. The van der Waals surface area contributed by atoms with Gasteiger partial charge in [0.2, 0.25) is 0 Å². The second-order valence-electron chi connectivity index (χ2n) is 3.49. The first kappa shape index (κ1) is 12.4. The van der Waals surface area contributed by atoms with E-state index in [1.165, 1.54) is 0 Å². The van der Waals surface area contributed by atoms with Crippen molar-refractivity contribution in [3.8, 4) is 11.5 Å². The molecule has 2 nitrogen and oxygen atoms in total. The van der Waals surface area contributed by atoms with Crippen molar-refractivity contribution in [2.75, 3.05) is 0 Å². The number of benzene rings is 2. The minimum atomic E-state index is 0.395. The summed E-state index contributed by atoms with van der Waals surface area (Å²) in [5, 5.41) is 0.566. The van der Waals surface area contributed by atoms with E-state index < -0.39 is 0 Å². The topological polar surface area (TPSA) is 35.2 Å². The van der Waals surface area contributed by atoms with Gasteiger partial charge < -0.3 is 10.5 Å². The lowest BCUT2D eigenvalue weighted by Gasteiger charge is -2.11. The molecule has 0 bridgehead atoms. The van der Waals surface area contributed by atoms with Crippen molar-refractivity contribution in [1.82, 2.24) is 0 Å². The van der Waals surface area contributed by atoms with Gasteiger partial charge in [0.1, 0.15) is 11.5 Å². The van der Waals surface area contributed by atoms with Gasteiger partial charge in [-0.25, -0.2) is 0 Å². The molecule has 0 amide bonds. The molecule has 17 heavy (non-hydrogen) atoms. The molecule has 2 N–H and O–H groups in total. The van der Waals surface area contributed by atoms with E-state index in [-0.39, 0.29) is 0 Å². The number of halogens is 2. The lowest BCUT2D eigenvalue weighted by molar-refractivity contribution is 0.476. The van der Waals surface area contributed by atoms with Crippen molar-refractivity contribution < 1.29 is 4.74 Å². The maximum atomic E-state index is 6.10. The Morgan fingerprint density at radius 2 is 1.82 bits per heavy atom. The summed E-state index contributed by atoms with van der Waals surface area (Å²) < 4.78 is 6.76. The average Bonchev–Trinajstić information content (AvgIpc) is 2.34. The molecule has 2 aromatic rings. The Morgan fingerprint density at radius 1 is 1.12 bits per heavy atom. The Hall–Kier alpha value is -1.03. The van der Waals surface area contributed by atoms with Gasteiger partial charge in [-0.1, -0.05) is 39.7 Å². The maximum Gasteiger partial charge on any atom is 0.150 e. The van der Waals surface area contributed by atoms with Crippen LogP contribution >= 0.6 is 27.5 Å². The van der Waals surface area contributed by atoms with Gasteiger partial charge in [0.15, 0.2) is 0 Å². The van der Waals surface area contributed by atoms with Crippen molar-refractivity contribution in [3.05, 3.63) is 57.5 Å². The molecule has 0 unspecified atom stereocenters. The van der Waals surface area contributed by atoms with Gasteiger partial charge >= 0.3 is 0 Å². The molecule has 0 saturated carbocycles. The minimum absolute atomic E-state index is 0.395. The number of hydrogen-bond donors (Lipinski definition) is 1. The third-order valence-electron chi connectivity index (χ3n) is 2.30. The highest BCUT2D eigenvalue weighted by atomic mass is 79.9. The molecule has 0 spiro atoms. The zero-order valence-electron chi connectivity index (χ0n) is 8.99. The van der Waals surface area contributed by atoms with E-state index in [0.29, 0.717) is 17.3 Å². The molecule has 0 saturated heterocycles. The monoisotopic (exact) mass is 311 g/mol. The van der Waals surface area contributed by atoms with Crippen molar-refractivity contribution >= 4 is 27.5 Å². The summed E-state index contributed by atoms with van der Waals surface area (Å²) in [4.78, 5) is 0. The molecule has 0 aliphatic carbocycles. The smallest absolute Gasteiger partial charge is 0.150 e. The third-order valence-corrected chi connectivity index (χ3v) is 3.13. The minimum Gasteiger partial charge on any atom is -0.455 e. The lowest BCUT2D eigenvalue weighted by Crippen LogP contribution is -1.99. The molecule has 2 aromatic carbocycles. The molecule has 0 aliphatic rings. The molecule has 0 aromatic heterocycles. The summed E-state index contributed by atoms with van der Waals surface area (Å²) in [7, 11) is 0. The van der Waals surface area contributed by atoms with Gasteiger partial charge in [0, 0.05) is 16.6 Å². The molecule has 4 heteroatoms. The van der Waals surface area contributed by atoms with Crippen LogP contribution in [0, 0.1) is 0 Å². The zero-order valence-corrected chi connectivity index (χ0v) is 11.3. The van der Waals surface area contributed by atoms with Crippen LogP contribution in [0.5, 0.6) is 11.5 Å². The molecule has 0 atom stereocenters. The van der Waals surface area contributed by atoms with Crippen LogP contribution in [0.25, 0.3) is 0 Å². The van der Waals surface area contributed by atoms with E-state index in [4.69, 9.17) is 22.1 Å². The Morgan fingerprint density at radius 3 is 2.47 bits per heavy atom. The molecule has 2 rings (SSSR count). The summed E-state index contributed by atoms with van der Waals surface area (Å²) in [5.74, 6) is 1.36. The highest BCUT2D eigenvalue weighted by Gasteiger charge is 2.08. The first-order valence-electron chi connectivity index (χ1n) is 5.11. The van der Waals surface area contributed by atoms with Crippen molar-refractivity contribution in [2.24, 2.45) is 5.73 Å². The highest BCUT2D eigenvalue weighted by molar-refractivity contribution is 9.10. The second kappa shape index (κ2) is 5.54. The van der Waals surface area contributed by atoms with Gasteiger partial charge in [-0.05, 0) is 30.3 Å². The normalized spacial score (nSPS) is 10.3. The van der Waals surface area contributed by atoms with E-state index in [1.807, 2.05) is 36.4 Å². The first-order chi connectivity index (χ1) is 8.20. The molecule has 0 fully saturated rings. The van der Waals surface area contributed by atoms with E-state index in [0.717, 1.165) is 15.8 Å². The predicted octanol–water partition coefficient (Wildman–Crippen LogP) is 4.35. The molecule has 0 aliphatic heterocycles. The van der Waals surface area contributed by atoms with Crippen molar-refractivity contribution in [1.29, 1.82) is 0 Å². The van der Waals surface area contributed by atoms with E-state index in [2.05, 4.69) is 15.9 Å². The van der Waals surface area contributed by atoms with Crippen LogP contribution in [-0.4, -0.2) is 0 Å². The predicted molar refractivity (Wildman–Crippen MR) is 73.6 cm³/mol.